The number of aliphatic hydroxyl groups is 1. The van der Waals surface area contributed by atoms with Crippen LogP contribution in [0.5, 0.6) is 11.5 Å². The van der Waals surface area contributed by atoms with E-state index in [1.807, 2.05) is 25.3 Å². The number of aliphatic hydroxyl groups excluding tert-OH is 1. The Hall–Kier alpha value is -2.27. The zero-order valence-electron chi connectivity index (χ0n) is 17.7. The first-order valence-electron chi connectivity index (χ1n) is 10.7. The third-order valence-electron chi connectivity index (χ3n) is 6.88. The lowest BCUT2D eigenvalue weighted by Crippen LogP contribution is -2.37. The van der Waals surface area contributed by atoms with Crippen molar-refractivity contribution in [2.75, 3.05) is 25.1 Å². The Morgan fingerprint density at radius 2 is 2.00 bits per heavy atom. The SMILES string of the molecule is COc1ccc([C@@H]2CN(c3cccnc3)C[C@@]2(C)[C@@H](C)O)cc1OC1CCCC1. The van der Waals surface area contributed by atoms with Crippen LogP contribution in [0.1, 0.15) is 51.0 Å². The third kappa shape index (κ3) is 3.93. The molecule has 1 aromatic carbocycles. The molecule has 1 saturated carbocycles. The summed E-state index contributed by atoms with van der Waals surface area (Å²) in [6.07, 6.45) is 8.21. The maximum atomic E-state index is 10.7. The second-order valence-electron chi connectivity index (χ2n) is 8.76. The number of benzene rings is 1. The number of aromatic nitrogens is 1. The molecule has 1 aliphatic heterocycles. The Morgan fingerprint density at radius 3 is 2.66 bits per heavy atom. The molecule has 2 heterocycles. The van der Waals surface area contributed by atoms with Gasteiger partial charge in [0, 0.05) is 30.6 Å². The lowest BCUT2D eigenvalue weighted by atomic mass is 9.72. The first kappa shape index (κ1) is 20.0. The lowest BCUT2D eigenvalue weighted by Gasteiger charge is -2.34. The normalized spacial score (nSPS) is 25.9. The van der Waals surface area contributed by atoms with E-state index in [-0.39, 0.29) is 17.4 Å². The van der Waals surface area contributed by atoms with Gasteiger partial charge in [-0.25, -0.2) is 0 Å². The van der Waals surface area contributed by atoms with Crippen molar-refractivity contribution in [2.45, 2.75) is 57.7 Å². The summed E-state index contributed by atoms with van der Waals surface area (Å²) < 4.78 is 11.9. The van der Waals surface area contributed by atoms with Crippen LogP contribution in [0, 0.1) is 5.41 Å². The number of nitrogens with zero attached hydrogens (tertiary/aromatic N) is 2. The molecular weight excluding hydrogens is 364 g/mol. The Labute approximate surface area is 173 Å². The monoisotopic (exact) mass is 396 g/mol. The summed E-state index contributed by atoms with van der Waals surface area (Å²) in [5.41, 5.74) is 2.01. The van der Waals surface area contributed by atoms with E-state index in [2.05, 4.69) is 35.0 Å². The van der Waals surface area contributed by atoms with Gasteiger partial charge in [0.2, 0.25) is 0 Å². The maximum Gasteiger partial charge on any atom is 0.161 e. The molecule has 1 aromatic heterocycles. The smallest absolute Gasteiger partial charge is 0.161 e. The van der Waals surface area contributed by atoms with Crippen molar-refractivity contribution in [3.63, 3.8) is 0 Å². The summed E-state index contributed by atoms with van der Waals surface area (Å²) in [7, 11) is 1.69. The molecular formula is C24H32N2O3. The molecule has 0 amide bonds. The van der Waals surface area contributed by atoms with Gasteiger partial charge in [-0.3, -0.25) is 4.98 Å². The van der Waals surface area contributed by atoms with Gasteiger partial charge in [-0.05, 0) is 62.4 Å². The van der Waals surface area contributed by atoms with E-state index >= 15 is 0 Å². The molecule has 1 N–H and O–H groups in total. The molecule has 1 saturated heterocycles. The second kappa shape index (κ2) is 8.23. The number of rotatable bonds is 6. The highest BCUT2D eigenvalue weighted by Gasteiger charge is 2.47. The highest BCUT2D eigenvalue weighted by atomic mass is 16.5. The number of hydrogen-bond acceptors (Lipinski definition) is 5. The maximum absolute atomic E-state index is 10.7. The van der Waals surface area contributed by atoms with Crippen LogP contribution in [-0.2, 0) is 0 Å². The van der Waals surface area contributed by atoms with Gasteiger partial charge in [-0.2, -0.15) is 0 Å². The van der Waals surface area contributed by atoms with Crippen molar-refractivity contribution in [3.8, 4) is 11.5 Å². The third-order valence-corrected chi connectivity index (χ3v) is 6.88. The molecule has 2 aliphatic rings. The molecule has 0 bridgehead atoms. The zero-order valence-corrected chi connectivity index (χ0v) is 17.7. The molecule has 2 fully saturated rings. The van der Waals surface area contributed by atoms with Crippen LogP contribution in [-0.4, -0.2) is 42.5 Å². The predicted molar refractivity (Wildman–Crippen MR) is 115 cm³/mol. The quantitative estimate of drug-likeness (QED) is 0.784. The van der Waals surface area contributed by atoms with Gasteiger partial charge < -0.3 is 19.5 Å². The molecule has 0 radical (unpaired) electrons. The Bertz CT molecular complexity index is 820. The molecule has 1 aliphatic carbocycles. The molecule has 5 nitrogen and oxygen atoms in total. The van der Waals surface area contributed by atoms with E-state index in [1.165, 1.54) is 18.4 Å². The molecule has 156 valence electrons. The Balaban J connectivity index is 1.65. The number of hydrogen-bond donors (Lipinski definition) is 1. The van der Waals surface area contributed by atoms with Crippen LogP contribution in [0.25, 0.3) is 0 Å². The summed E-state index contributed by atoms with van der Waals surface area (Å²) in [4.78, 5) is 6.60. The Kier molecular flexibility index (Phi) is 5.68. The first-order valence-corrected chi connectivity index (χ1v) is 10.7. The van der Waals surface area contributed by atoms with Gasteiger partial charge in [-0.1, -0.05) is 13.0 Å². The number of methoxy groups -OCH3 is 1. The highest BCUT2D eigenvalue weighted by molar-refractivity contribution is 5.50. The molecule has 4 rings (SSSR count). The minimum Gasteiger partial charge on any atom is -0.493 e. The average molecular weight is 397 g/mol. The Morgan fingerprint density at radius 1 is 1.21 bits per heavy atom. The van der Waals surface area contributed by atoms with Crippen LogP contribution in [0.3, 0.4) is 0 Å². The standard InChI is InChI=1S/C24H32N2O3/c1-17(27)24(2)16-26(19-7-6-12-25-14-19)15-21(24)18-10-11-22(28-3)23(13-18)29-20-8-4-5-9-20/h6-7,10-14,17,20-21,27H,4-5,8-9,15-16H2,1-3H3/t17-,21+,24+/m1/s1. The van der Waals surface area contributed by atoms with Gasteiger partial charge in [0.25, 0.3) is 0 Å². The fraction of sp³-hybridized carbons (Fsp3) is 0.542. The van der Waals surface area contributed by atoms with Gasteiger partial charge in [0.15, 0.2) is 11.5 Å². The van der Waals surface area contributed by atoms with Crippen molar-refractivity contribution >= 4 is 5.69 Å². The number of anilines is 1. The lowest BCUT2D eigenvalue weighted by molar-refractivity contribution is 0.0558. The van der Waals surface area contributed by atoms with E-state index < -0.39 is 6.10 Å². The summed E-state index contributed by atoms with van der Waals surface area (Å²) >= 11 is 0. The van der Waals surface area contributed by atoms with Crippen molar-refractivity contribution in [1.29, 1.82) is 0 Å². The second-order valence-corrected chi connectivity index (χ2v) is 8.76. The molecule has 5 heteroatoms. The summed E-state index contributed by atoms with van der Waals surface area (Å²) in [5.74, 6) is 1.78. The number of pyridine rings is 1. The van der Waals surface area contributed by atoms with Crippen molar-refractivity contribution in [1.82, 2.24) is 4.98 Å². The molecule has 3 atom stereocenters. The summed E-state index contributed by atoms with van der Waals surface area (Å²) in [6.45, 7) is 5.70. The van der Waals surface area contributed by atoms with Crippen molar-refractivity contribution < 1.29 is 14.6 Å². The van der Waals surface area contributed by atoms with Crippen LogP contribution in [0.4, 0.5) is 5.69 Å². The van der Waals surface area contributed by atoms with E-state index in [4.69, 9.17) is 9.47 Å². The zero-order chi connectivity index (χ0) is 20.4. The van der Waals surface area contributed by atoms with Crippen LogP contribution in [0.15, 0.2) is 42.7 Å². The van der Waals surface area contributed by atoms with Gasteiger partial charge >= 0.3 is 0 Å². The first-order chi connectivity index (χ1) is 14.0. The van der Waals surface area contributed by atoms with E-state index in [0.29, 0.717) is 0 Å². The minimum absolute atomic E-state index is 0.180. The van der Waals surface area contributed by atoms with Gasteiger partial charge in [0.05, 0.1) is 31.2 Å². The number of ether oxygens (including phenoxy) is 2. The predicted octanol–water partition coefficient (Wildman–Crippen LogP) is 4.40. The van der Waals surface area contributed by atoms with Crippen LogP contribution >= 0.6 is 0 Å². The van der Waals surface area contributed by atoms with Crippen molar-refractivity contribution in [3.05, 3.63) is 48.3 Å². The van der Waals surface area contributed by atoms with Crippen LogP contribution in [0.2, 0.25) is 0 Å². The van der Waals surface area contributed by atoms with Gasteiger partial charge in [0.1, 0.15) is 0 Å². The molecule has 0 spiro atoms. The molecule has 29 heavy (non-hydrogen) atoms. The fourth-order valence-corrected chi connectivity index (χ4v) is 4.85. The molecule has 0 unspecified atom stereocenters. The summed E-state index contributed by atoms with van der Waals surface area (Å²) in [6, 6.07) is 10.3. The summed E-state index contributed by atoms with van der Waals surface area (Å²) in [5, 5.41) is 10.7. The topological polar surface area (TPSA) is 54.8 Å². The fourth-order valence-electron chi connectivity index (χ4n) is 4.85. The minimum atomic E-state index is -0.435. The van der Waals surface area contributed by atoms with Crippen LogP contribution < -0.4 is 14.4 Å². The highest BCUT2D eigenvalue weighted by Crippen LogP contribution is 2.48. The average Bonchev–Trinajstić information content (AvgIpc) is 3.37. The van der Waals surface area contributed by atoms with Crippen molar-refractivity contribution in [2.24, 2.45) is 5.41 Å². The van der Waals surface area contributed by atoms with E-state index in [0.717, 1.165) is 43.1 Å². The van der Waals surface area contributed by atoms with E-state index in [9.17, 15) is 5.11 Å². The van der Waals surface area contributed by atoms with Gasteiger partial charge in [-0.15, -0.1) is 0 Å². The van der Waals surface area contributed by atoms with E-state index in [1.54, 1.807) is 13.3 Å². The molecule has 2 aromatic rings. The largest absolute Gasteiger partial charge is 0.493 e.